The normalized spacial score (nSPS) is 11.9. The van der Waals surface area contributed by atoms with Crippen molar-refractivity contribution in [2.45, 2.75) is 46.2 Å². The number of Topliss-reactive ketones (excluding diaryl/α,β-unsaturated/α-hetero) is 1. The molecule has 1 atom stereocenters. The molecule has 1 N–H and O–H groups in total. The zero-order valence-electron chi connectivity index (χ0n) is 21.5. The Morgan fingerprint density at radius 1 is 1.06 bits per heavy atom. The molecule has 0 saturated heterocycles. The van der Waals surface area contributed by atoms with Crippen LogP contribution in [0, 0.1) is 0 Å². The van der Waals surface area contributed by atoms with E-state index in [-0.39, 0.29) is 23.9 Å². The fourth-order valence-corrected chi connectivity index (χ4v) is 4.59. The molecule has 0 spiro atoms. The molecule has 0 heterocycles. The quantitative estimate of drug-likeness (QED) is 0.409. The van der Waals surface area contributed by atoms with Crippen LogP contribution in [0.1, 0.15) is 49.5 Å². The molecule has 0 aromatic heterocycles. The van der Waals surface area contributed by atoms with Crippen molar-refractivity contribution in [3.8, 4) is 5.75 Å². The molecule has 9 nitrogen and oxygen atoms in total. The summed E-state index contributed by atoms with van der Waals surface area (Å²) in [7, 11) is -2.35. The number of nitrogens with one attached hydrogen (secondary N) is 1. The molecule has 2 amide bonds. The highest BCUT2D eigenvalue weighted by molar-refractivity contribution is 7.92. The van der Waals surface area contributed by atoms with E-state index < -0.39 is 28.5 Å². The second kappa shape index (κ2) is 13.1. The predicted molar refractivity (Wildman–Crippen MR) is 140 cm³/mol. The van der Waals surface area contributed by atoms with Crippen LogP contribution in [0.5, 0.6) is 5.75 Å². The number of nitrogens with zero attached hydrogens (tertiary/aromatic N) is 2. The van der Waals surface area contributed by atoms with Gasteiger partial charge in [-0.3, -0.25) is 18.7 Å². The minimum absolute atomic E-state index is 0.0825. The Hall–Kier alpha value is -3.40. The van der Waals surface area contributed by atoms with Gasteiger partial charge in [0, 0.05) is 18.7 Å². The fourth-order valence-electron chi connectivity index (χ4n) is 3.75. The summed E-state index contributed by atoms with van der Waals surface area (Å²) in [6.45, 7) is 5.13. The van der Waals surface area contributed by atoms with Gasteiger partial charge in [-0.15, -0.1) is 0 Å². The molecule has 36 heavy (non-hydrogen) atoms. The zero-order chi connectivity index (χ0) is 26.9. The third kappa shape index (κ3) is 7.81. The number of carbonyl (C=O) groups is 3. The highest BCUT2D eigenvalue weighted by atomic mass is 32.2. The number of amides is 2. The summed E-state index contributed by atoms with van der Waals surface area (Å²) in [5.74, 6) is -0.479. The summed E-state index contributed by atoms with van der Waals surface area (Å²) in [6, 6.07) is 12.4. The molecule has 2 aromatic rings. The van der Waals surface area contributed by atoms with Gasteiger partial charge >= 0.3 is 0 Å². The van der Waals surface area contributed by atoms with Crippen LogP contribution in [0.4, 0.5) is 5.69 Å². The first-order chi connectivity index (χ1) is 17.0. The van der Waals surface area contributed by atoms with Crippen LogP contribution >= 0.6 is 0 Å². The van der Waals surface area contributed by atoms with Crippen molar-refractivity contribution in [3.63, 3.8) is 0 Å². The van der Waals surface area contributed by atoms with Crippen molar-refractivity contribution in [2.75, 3.05) is 30.8 Å². The summed E-state index contributed by atoms with van der Waals surface area (Å²) in [5.41, 5.74) is 1.25. The van der Waals surface area contributed by atoms with Crippen molar-refractivity contribution < 1.29 is 27.5 Å². The average Bonchev–Trinajstić information content (AvgIpc) is 2.85. The lowest BCUT2D eigenvalue weighted by atomic mass is 10.1. The van der Waals surface area contributed by atoms with E-state index in [1.165, 1.54) is 31.1 Å². The SMILES string of the molecule is CCCNC(=O)C(CC)N(Cc1cccc(OC)c1)C(=O)CN(c1cccc(C(C)=O)c1)S(C)(=O)=O. The lowest BCUT2D eigenvalue weighted by molar-refractivity contribution is -0.140. The molecule has 0 radical (unpaired) electrons. The van der Waals surface area contributed by atoms with E-state index in [9.17, 15) is 22.8 Å². The topological polar surface area (TPSA) is 113 Å². The predicted octanol–water partition coefficient (Wildman–Crippen LogP) is 3.00. The van der Waals surface area contributed by atoms with Crippen molar-refractivity contribution in [3.05, 3.63) is 59.7 Å². The van der Waals surface area contributed by atoms with Crippen LogP contribution in [0.25, 0.3) is 0 Å². The summed E-state index contributed by atoms with van der Waals surface area (Å²) in [5, 5.41) is 2.84. The van der Waals surface area contributed by atoms with E-state index in [0.29, 0.717) is 24.3 Å². The Balaban J connectivity index is 2.47. The highest BCUT2D eigenvalue weighted by Crippen LogP contribution is 2.22. The molecule has 0 bridgehead atoms. The molecule has 0 aliphatic rings. The Kier molecular flexibility index (Phi) is 10.5. The van der Waals surface area contributed by atoms with Gasteiger partial charge in [-0.2, -0.15) is 0 Å². The van der Waals surface area contributed by atoms with Crippen molar-refractivity contribution in [1.82, 2.24) is 10.2 Å². The molecular formula is C26H35N3O6S. The maximum Gasteiger partial charge on any atom is 0.244 e. The molecular weight excluding hydrogens is 482 g/mol. The molecule has 1 unspecified atom stereocenters. The van der Waals surface area contributed by atoms with E-state index in [4.69, 9.17) is 4.74 Å². The molecule has 0 aliphatic heterocycles. The summed E-state index contributed by atoms with van der Waals surface area (Å²) in [6.07, 6.45) is 2.07. The molecule has 2 rings (SSSR count). The van der Waals surface area contributed by atoms with Gasteiger partial charge in [0.2, 0.25) is 21.8 Å². The maximum absolute atomic E-state index is 13.7. The third-order valence-electron chi connectivity index (χ3n) is 5.64. The maximum atomic E-state index is 13.7. The van der Waals surface area contributed by atoms with Crippen LogP contribution in [0.15, 0.2) is 48.5 Å². The molecule has 0 aliphatic carbocycles. The number of hydrogen-bond donors (Lipinski definition) is 1. The van der Waals surface area contributed by atoms with Gasteiger partial charge in [0.25, 0.3) is 0 Å². The van der Waals surface area contributed by atoms with E-state index in [1.54, 1.807) is 37.3 Å². The Morgan fingerprint density at radius 3 is 2.33 bits per heavy atom. The number of methoxy groups -OCH3 is 1. The third-order valence-corrected chi connectivity index (χ3v) is 6.78. The molecule has 10 heteroatoms. The zero-order valence-corrected chi connectivity index (χ0v) is 22.3. The summed E-state index contributed by atoms with van der Waals surface area (Å²) >= 11 is 0. The standard InChI is InChI=1S/C26H35N3O6S/c1-6-14-27-26(32)24(7-2)28(17-20-10-8-13-23(15-20)35-4)25(31)18-29(36(5,33)34)22-12-9-11-21(16-22)19(3)30/h8-13,15-16,24H,6-7,14,17-18H2,1-5H3,(H,27,32). The van der Waals surface area contributed by atoms with Crippen LogP contribution < -0.4 is 14.4 Å². The van der Waals surface area contributed by atoms with Crippen molar-refractivity contribution in [2.24, 2.45) is 0 Å². The second-order valence-corrected chi connectivity index (χ2v) is 10.4. The van der Waals surface area contributed by atoms with Crippen molar-refractivity contribution in [1.29, 1.82) is 0 Å². The first-order valence-electron chi connectivity index (χ1n) is 11.8. The van der Waals surface area contributed by atoms with Gasteiger partial charge in [0.1, 0.15) is 18.3 Å². The minimum atomic E-state index is -3.89. The van der Waals surface area contributed by atoms with Gasteiger partial charge in [-0.05, 0) is 49.6 Å². The number of carbonyl (C=O) groups excluding carboxylic acids is 3. The van der Waals surface area contributed by atoms with E-state index in [1.807, 2.05) is 13.0 Å². The second-order valence-electron chi connectivity index (χ2n) is 8.46. The number of anilines is 1. The smallest absolute Gasteiger partial charge is 0.244 e. The molecule has 2 aromatic carbocycles. The highest BCUT2D eigenvalue weighted by Gasteiger charge is 2.31. The Bertz CT molecular complexity index is 1180. The largest absolute Gasteiger partial charge is 0.497 e. The van der Waals surface area contributed by atoms with Crippen LogP contribution in [-0.2, 0) is 26.2 Å². The Morgan fingerprint density at radius 2 is 1.75 bits per heavy atom. The van der Waals surface area contributed by atoms with Crippen LogP contribution in [0.2, 0.25) is 0 Å². The molecule has 0 fully saturated rings. The van der Waals surface area contributed by atoms with Gasteiger partial charge in [-0.25, -0.2) is 8.42 Å². The lowest BCUT2D eigenvalue weighted by Gasteiger charge is -2.33. The van der Waals surface area contributed by atoms with E-state index in [2.05, 4.69) is 5.32 Å². The first-order valence-corrected chi connectivity index (χ1v) is 13.6. The first kappa shape index (κ1) is 28.8. The minimum Gasteiger partial charge on any atom is -0.497 e. The van der Waals surface area contributed by atoms with Crippen molar-refractivity contribution >= 4 is 33.3 Å². The molecule has 196 valence electrons. The van der Waals surface area contributed by atoms with E-state index in [0.717, 1.165) is 22.5 Å². The van der Waals surface area contributed by atoms with Gasteiger partial charge in [0.15, 0.2) is 5.78 Å². The van der Waals surface area contributed by atoms with Gasteiger partial charge in [0.05, 0.1) is 19.1 Å². The number of ether oxygens (including phenoxy) is 1. The number of ketones is 1. The number of hydrogen-bond acceptors (Lipinski definition) is 6. The van der Waals surface area contributed by atoms with Crippen LogP contribution in [-0.4, -0.2) is 63.4 Å². The number of benzene rings is 2. The monoisotopic (exact) mass is 517 g/mol. The Labute approximate surface area is 213 Å². The number of rotatable bonds is 13. The number of sulfonamides is 1. The van der Waals surface area contributed by atoms with E-state index >= 15 is 0 Å². The average molecular weight is 518 g/mol. The summed E-state index contributed by atoms with van der Waals surface area (Å²) in [4.78, 5) is 39.9. The summed E-state index contributed by atoms with van der Waals surface area (Å²) < 4.78 is 31.6. The fraction of sp³-hybridized carbons (Fsp3) is 0.423. The lowest BCUT2D eigenvalue weighted by Crippen LogP contribution is -2.52. The van der Waals surface area contributed by atoms with Gasteiger partial charge in [-0.1, -0.05) is 38.1 Å². The van der Waals surface area contributed by atoms with Gasteiger partial charge < -0.3 is 15.0 Å². The van der Waals surface area contributed by atoms with Crippen LogP contribution in [0.3, 0.4) is 0 Å². The molecule has 0 saturated carbocycles.